The molecule has 1 heterocycles. The smallest absolute Gasteiger partial charge is 0.119 e. The van der Waals surface area contributed by atoms with Crippen LogP contribution in [-0.4, -0.2) is 44.2 Å². The van der Waals surface area contributed by atoms with E-state index in [0.29, 0.717) is 12.0 Å². The average molecular weight is 365 g/mol. The quantitative estimate of drug-likeness (QED) is 0.764. The van der Waals surface area contributed by atoms with Gasteiger partial charge >= 0.3 is 0 Å². The summed E-state index contributed by atoms with van der Waals surface area (Å²) in [4.78, 5) is 5.35. The van der Waals surface area contributed by atoms with Crippen molar-refractivity contribution in [3.8, 4) is 5.75 Å². The second-order valence-corrected chi connectivity index (χ2v) is 8.00. The molecule has 0 radical (unpaired) electrons. The lowest BCUT2D eigenvalue weighted by Gasteiger charge is -2.33. The van der Waals surface area contributed by atoms with Gasteiger partial charge in [-0.25, -0.2) is 0 Å². The summed E-state index contributed by atoms with van der Waals surface area (Å²) in [6, 6.07) is 18.2. The maximum Gasteiger partial charge on any atom is 0.119 e. The van der Waals surface area contributed by atoms with Crippen molar-refractivity contribution in [3.05, 3.63) is 59.7 Å². The highest BCUT2D eigenvalue weighted by Gasteiger charge is 2.29. The van der Waals surface area contributed by atoms with Crippen LogP contribution in [0.25, 0.3) is 0 Å². The van der Waals surface area contributed by atoms with E-state index in [0.717, 1.165) is 12.3 Å². The van der Waals surface area contributed by atoms with Gasteiger partial charge in [0.15, 0.2) is 0 Å². The molecule has 0 bridgehead atoms. The van der Waals surface area contributed by atoms with Crippen LogP contribution in [0.1, 0.15) is 43.2 Å². The van der Waals surface area contributed by atoms with Crippen molar-refractivity contribution in [1.29, 1.82) is 0 Å². The van der Waals surface area contributed by atoms with E-state index in [1.54, 1.807) is 7.11 Å². The fourth-order valence-electron chi connectivity index (χ4n) is 4.90. The van der Waals surface area contributed by atoms with Crippen LogP contribution in [0.2, 0.25) is 0 Å². The number of ether oxygens (including phenoxy) is 1. The molecule has 2 aliphatic rings. The Morgan fingerprint density at radius 1 is 1.07 bits per heavy atom. The van der Waals surface area contributed by atoms with Crippen molar-refractivity contribution >= 4 is 5.69 Å². The summed E-state index contributed by atoms with van der Waals surface area (Å²) in [5.41, 5.74) is 4.42. The van der Waals surface area contributed by atoms with E-state index in [-0.39, 0.29) is 0 Å². The number of anilines is 1. The molecule has 0 spiro atoms. The first-order valence-electron chi connectivity index (χ1n) is 10.5. The predicted molar refractivity (Wildman–Crippen MR) is 113 cm³/mol. The second-order valence-electron chi connectivity index (χ2n) is 8.00. The van der Waals surface area contributed by atoms with Crippen LogP contribution in [0.5, 0.6) is 5.75 Å². The minimum Gasteiger partial charge on any atom is -0.497 e. The van der Waals surface area contributed by atoms with E-state index in [4.69, 9.17) is 4.74 Å². The maximum absolute atomic E-state index is 5.48. The van der Waals surface area contributed by atoms with Crippen molar-refractivity contribution < 1.29 is 4.74 Å². The third-order valence-corrected chi connectivity index (χ3v) is 6.38. The van der Waals surface area contributed by atoms with Crippen molar-refractivity contribution in [2.45, 2.75) is 44.6 Å². The molecule has 2 aromatic carbocycles. The Kier molecular flexibility index (Phi) is 5.68. The summed E-state index contributed by atoms with van der Waals surface area (Å²) in [6.07, 6.45) is 4.92. The Morgan fingerprint density at radius 3 is 2.70 bits per heavy atom. The van der Waals surface area contributed by atoms with E-state index >= 15 is 0 Å². The Bertz CT molecular complexity index is 745. The minimum atomic E-state index is 0.598. The molecule has 0 N–H and O–H groups in total. The highest BCUT2D eigenvalue weighted by atomic mass is 16.5. The van der Waals surface area contributed by atoms with Crippen LogP contribution in [0, 0.1) is 0 Å². The molecule has 1 aliphatic heterocycles. The van der Waals surface area contributed by atoms with Gasteiger partial charge < -0.3 is 14.5 Å². The van der Waals surface area contributed by atoms with Crippen LogP contribution in [0.4, 0.5) is 5.69 Å². The van der Waals surface area contributed by atoms with Gasteiger partial charge in [-0.1, -0.05) is 31.2 Å². The van der Waals surface area contributed by atoms with Crippen LogP contribution >= 0.6 is 0 Å². The SMILES string of the molecule is CCC1CN(CC2CCc3ccc(OC)cc32)CCCN1c1ccccc1. The average Bonchev–Trinajstić information content (AvgIpc) is 2.99. The normalized spacial score (nSPS) is 23.1. The van der Waals surface area contributed by atoms with Crippen LogP contribution in [0.3, 0.4) is 0 Å². The van der Waals surface area contributed by atoms with Crippen LogP contribution < -0.4 is 9.64 Å². The number of fused-ring (bicyclic) bond motifs is 1. The first-order chi connectivity index (χ1) is 13.3. The lowest BCUT2D eigenvalue weighted by molar-refractivity contribution is 0.252. The molecule has 4 rings (SSSR count). The first kappa shape index (κ1) is 18.4. The first-order valence-corrected chi connectivity index (χ1v) is 10.5. The fraction of sp³-hybridized carbons (Fsp3) is 0.500. The molecule has 0 amide bonds. The molecule has 27 heavy (non-hydrogen) atoms. The van der Waals surface area contributed by atoms with Crippen LogP contribution in [0.15, 0.2) is 48.5 Å². The number of nitrogens with zero attached hydrogens (tertiary/aromatic N) is 2. The van der Waals surface area contributed by atoms with Gasteiger partial charge in [0.05, 0.1) is 7.11 Å². The molecule has 2 atom stereocenters. The van der Waals surface area contributed by atoms with Crippen LogP contribution in [-0.2, 0) is 6.42 Å². The van der Waals surface area contributed by atoms with Gasteiger partial charge in [0.25, 0.3) is 0 Å². The molecule has 1 fully saturated rings. The predicted octanol–water partition coefficient (Wildman–Crippen LogP) is 4.72. The number of benzene rings is 2. The Hall–Kier alpha value is -2.00. The molecule has 3 nitrogen and oxygen atoms in total. The summed E-state index contributed by atoms with van der Waals surface area (Å²) in [5, 5.41) is 0. The van der Waals surface area contributed by atoms with Crippen molar-refractivity contribution in [2.24, 2.45) is 0 Å². The summed E-state index contributed by atoms with van der Waals surface area (Å²) >= 11 is 0. The van der Waals surface area contributed by atoms with E-state index in [9.17, 15) is 0 Å². The zero-order valence-electron chi connectivity index (χ0n) is 16.7. The summed E-state index contributed by atoms with van der Waals surface area (Å²) in [5.74, 6) is 1.65. The number of methoxy groups -OCH3 is 1. The number of hydrogen-bond donors (Lipinski definition) is 0. The molecule has 2 unspecified atom stereocenters. The summed E-state index contributed by atoms with van der Waals surface area (Å²) in [7, 11) is 1.77. The third kappa shape index (κ3) is 3.98. The highest BCUT2D eigenvalue weighted by molar-refractivity contribution is 5.47. The number of rotatable bonds is 5. The molecular formula is C24H32N2O. The monoisotopic (exact) mass is 364 g/mol. The van der Waals surface area contributed by atoms with Gasteiger partial charge in [0.2, 0.25) is 0 Å². The van der Waals surface area contributed by atoms with Crippen molar-refractivity contribution in [1.82, 2.24) is 4.90 Å². The Balaban J connectivity index is 1.47. The molecule has 2 aromatic rings. The molecule has 1 saturated heterocycles. The Labute approximate surface area is 163 Å². The lowest BCUT2D eigenvalue weighted by Crippen LogP contribution is -2.41. The van der Waals surface area contributed by atoms with Crippen molar-refractivity contribution in [2.75, 3.05) is 38.2 Å². The largest absolute Gasteiger partial charge is 0.497 e. The molecule has 0 saturated carbocycles. The minimum absolute atomic E-state index is 0.598. The van der Waals surface area contributed by atoms with E-state index in [2.05, 4.69) is 65.3 Å². The van der Waals surface area contributed by atoms with Gasteiger partial charge in [0.1, 0.15) is 5.75 Å². The zero-order valence-corrected chi connectivity index (χ0v) is 16.7. The maximum atomic E-state index is 5.48. The number of hydrogen-bond acceptors (Lipinski definition) is 3. The van der Waals surface area contributed by atoms with Gasteiger partial charge in [-0.2, -0.15) is 0 Å². The molecule has 144 valence electrons. The second kappa shape index (κ2) is 8.35. The molecule has 0 aromatic heterocycles. The third-order valence-electron chi connectivity index (χ3n) is 6.38. The lowest BCUT2D eigenvalue weighted by atomic mass is 10.00. The molecule has 1 aliphatic carbocycles. The Morgan fingerprint density at radius 2 is 1.93 bits per heavy atom. The number of para-hydroxylation sites is 1. The van der Waals surface area contributed by atoms with Gasteiger partial charge in [-0.15, -0.1) is 0 Å². The highest BCUT2D eigenvalue weighted by Crippen LogP contribution is 2.36. The van der Waals surface area contributed by atoms with E-state index in [1.165, 1.54) is 62.1 Å². The summed E-state index contributed by atoms with van der Waals surface area (Å²) in [6.45, 7) is 7.05. The van der Waals surface area contributed by atoms with Crippen molar-refractivity contribution in [3.63, 3.8) is 0 Å². The van der Waals surface area contributed by atoms with E-state index < -0.39 is 0 Å². The molecular weight excluding hydrogens is 332 g/mol. The van der Waals surface area contributed by atoms with E-state index in [1.807, 2.05) is 0 Å². The van der Waals surface area contributed by atoms with Gasteiger partial charge in [-0.05, 0) is 73.5 Å². The molecule has 3 heteroatoms. The van der Waals surface area contributed by atoms with Gasteiger partial charge in [0, 0.05) is 31.4 Å². The standard InChI is InChI=1S/C24H32N2O/c1-3-21-18-25(14-7-15-26(21)22-8-5-4-6-9-22)17-20-11-10-19-12-13-23(27-2)16-24(19)20/h4-6,8-9,12-13,16,20-21H,3,7,10-11,14-15,17-18H2,1-2H3. The number of aryl methyl sites for hydroxylation is 1. The zero-order chi connectivity index (χ0) is 18.6. The van der Waals surface area contributed by atoms with Gasteiger partial charge in [-0.3, -0.25) is 0 Å². The topological polar surface area (TPSA) is 15.7 Å². The summed E-state index contributed by atoms with van der Waals surface area (Å²) < 4.78 is 5.48. The fourth-order valence-corrected chi connectivity index (χ4v) is 4.90.